The normalized spacial score (nSPS) is 18.6. The minimum Gasteiger partial charge on any atom is -0.394 e. The molecule has 9 heteroatoms. The van der Waals surface area contributed by atoms with E-state index in [0.717, 1.165) is 11.8 Å². The number of rotatable bonds is 8. The summed E-state index contributed by atoms with van der Waals surface area (Å²) < 4.78 is 11.8. The fraction of sp³-hybridized carbons (Fsp3) is 0.462. The van der Waals surface area contributed by atoms with Gasteiger partial charge in [0, 0.05) is 0 Å². The van der Waals surface area contributed by atoms with Crippen LogP contribution in [0.5, 0.6) is 0 Å². The number of nitrogens with zero attached hydrogens (tertiary/aromatic N) is 1. The van der Waals surface area contributed by atoms with Crippen molar-refractivity contribution in [1.82, 2.24) is 4.83 Å². The lowest BCUT2D eigenvalue weighted by molar-refractivity contribution is -0.0999. The Morgan fingerprint density at radius 2 is 1.77 bits per heavy atom. The Hall–Kier alpha value is -1.36. The maximum absolute atomic E-state index is 11.8. The Morgan fingerprint density at radius 3 is 2.32 bits per heavy atom. The maximum Gasteiger partial charge on any atom is 0.166 e. The second-order valence-corrected chi connectivity index (χ2v) is 5.86. The van der Waals surface area contributed by atoms with Gasteiger partial charge in [0.15, 0.2) is 11.0 Å². The largest absolute Gasteiger partial charge is 0.394 e. The van der Waals surface area contributed by atoms with Gasteiger partial charge in [0.25, 0.3) is 0 Å². The maximum atomic E-state index is 11.8. The first kappa shape index (κ1) is 18.7. The summed E-state index contributed by atoms with van der Waals surface area (Å²) >= 11 is 0. The van der Waals surface area contributed by atoms with Crippen LogP contribution in [-0.2, 0) is 11.0 Å². The number of aliphatic hydroxyl groups is 5. The summed E-state index contributed by atoms with van der Waals surface area (Å²) in [4.78, 5) is 2.74. The van der Waals surface area contributed by atoms with Crippen LogP contribution >= 0.6 is 0 Å². The molecule has 1 aromatic rings. The number of nitrogens with one attached hydrogen (secondary N) is 1. The van der Waals surface area contributed by atoms with E-state index in [1.165, 1.54) is 0 Å². The van der Waals surface area contributed by atoms with Crippen LogP contribution < -0.4 is 4.83 Å². The van der Waals surface area contributed by atoms with E-state index in [4.69, 9.17) is 10.2 Å². The summed E-state index contributed by atoms with van der Waals surface area (Å²) in [7, 11) is -1.63. The zero-order valence-corrected chi connectivity index (χ0v) is 12.7. The fourth-order valence-corrected chi connectivity index (χ4v) is 2.14. The molecule has 1 rings (SSSR count). The molecule has 6 N–H and O–H groups in total. The van der Waals surface area contributed by atoms with Crippen LogP contribution in [0.15, 0.2) is 34.3 Å². The van der Waals surface area contributed by atoms with Gasteiger partial charge >= 0.3 is 0 Å². The molecule has 0 fully saturated rings. The molecule has 124 valence electrons. The number of aryl methyl sites for hydroxylation is 1. The van der Waals surface area contributed by atoms with Crippen molar-refractivity contribution in [2.45, 2.75) is 36.2 Å². The third kappa shape index (κ3) is 5.44. The lowest BCUT2D eigenvalue weighted by Gasteiger charge is -2.23. The minimum absolute atomic E-state index is 0.480. The molecular formula is C13H20N2O6S. The summed E-state index contributed by atoms with van der Waals surface area (Å²) in [6, 6.07) is 6.87. The zero-order valence-electron chi connectivity index (χ0n) is 11.9. The molecule has 5 atom stereocenters. The molecule has 0 saturated heterocycles. The first-order valence-electron chi connectivity index (χ1n) is 6.47. The summed E-state index contributed by atoms with van der Waals surface area (Å²) in [5.41, 5.74) is 1.01. The third-order valence-corrected chi connectivity index (χ3v) is 3.85. The number of benzene rings is 1. The second-order valence-electron chi connectivity index (χ2n) is 4.67. The predicted molar refractivity (Wildman–Crippen MR) is 80.3 cm³/mol. The molecule has 0 aliphatic heterocycles. The van der Waals surface area contributed by atoms with Crippen LogP contribution in [0.1, 0.15) is 5.56 Å². The van der Waals surface area contributed by atoms with Gasteiger partial charge in [0.2, 0.25) is 0 Å². The van der Waals surface area contributed by atoms with Gasteiger partial charge in [0.05, 0.1) is 17.7 Å². The summed E-state index contributed by atoms with van der Waals surface area (Å²) in [6.07, 6.45) is -5.86. The Balaban J connectivity index is 2.54. The van der Waals surface area contributed by atoms with Crippen molar-refractivity contribution in [3.63, 3.8) is 0 Å². The summed E-state index contributed by atoms with van der Waals surface area (Å²) in [5.74, 6) is 0. The van der Waals surface area contributed by atoms with E-state index in [1.54, 1.807) is 24.3 Å². The van der Waals surface area contributed by atoms with Crippen LogP contribution in [0.4, 0.5) is 0 Å². The standard InChI is InChI=1S/C13H20N2O6S/c1-8-2-4-9(5-3-8)22(21)15-14-6-10(17)12(19)13(20)11(18)7-16/h2-6,10-13,15-20H,7H2,1H3. The van der Waals surface area contributed by atoms with E-state index in [2.05, 4.69) is 9.93 Å². The van der Waals surface area contributed by atoms with Crippen molar-refractivity contribution in [3.8, 4) is 0 Å². The molecule has 8 nitrogen and oxygen atoms in total. The molecule has 0 saturated carbocycles. The van der Waals surface area contributed by atoms with Crippen LogP contribution in [0.2, 0.25) is 0 Å². The quantitative estimate of drug-likeness (QED) is 0.241. The smallest absolute Gasteiger partial charge is 0.166 e. The van der Waals surface area contributed by atoms with Gasteiger partial charge in [-0.05, 0) is 19.1 Å². The zero-order chi connectivity index (χ0) is 16.7. The molecule has 0 aliphatic rings. The lowest BCUT2D eigenvalue weighted by Crippen LogP contribution is -2.46. The summed E-state index contributed by atoms with van der Waals surface area (Å²) in [5, 5.41) is 49.8. The van der Waals surface area contributed by atoms with Crippen molar-refractivity contribution in [1.29, 1.82) is 0 Å². The predicted octanol–water partition coefficient (Wildman–Crippen LogP) is -1.97. The number of aliphatic hydroxyl groups excluding tert-OH is 5. The van der Waals surface area contributed by atoms with E-state index in [0.29, 0.717) is 4.90 Å². The first-order chi connectivity index (χ1) is 10.4. The van der Waals surface area contributed by atoms with Crippen molar-refractivity contribution < 1.29 is 29.7 Å². The molecule has 0 aromatic heterocycles. The van der Waals surface area contributed by atoms with Crippen molar-refractivity contribution in [3.05, 3.63) is 29.8 Å². The van der Waals surface area contributed by atoms with Gasteiger partial charge in [-0.15, -0.1) is 0 Å². The van der Waals surface area contributed by atoms with Crippen molar-refractivity contribution in [2.75, 3.05) is 6.61 Å². The second kappa shape index (κ2) is 8.93. The van der Waals surface area contributed by atoms with E-state index >= 15 is 0 Å². The van der Waals surface area contributed by atoms with Crippen LogP contribution in [0, 0.1) is 6.92 Å². The Kier molecular flexibility index (Phi) is 7.59. The Morgan fingerprint density at radius 1 is 1.18 bits per heavy atom. The van der Waals surface area contributed by atoms with Gasteiger partial charge in [-0.1, -0.05) is 17.7 Å². The molecule has 1 aromatic carbocycles. The number of hydrogen-bond acceptors (Lipinski definition) is 7. The van der Waals surface area contributed by atoms with E-state index < -0.39 is 42.0 Å². The van der Waals surface area contributed by atoms with Gasteiger partial charge in [-0.3, -0.25) is 0 Å². The monoisotopic (exact) mass is 332 g/mol. The van der Waals surface area contributed by atoms with Gasteiger partial charge in [-0.2, -0.15) is 5.10 Å². The molecule has 0 bridgehead atoms. The SMILES string of the molecule is Cc1ccc(S(=O)NN=CC(O)C(O)C(O)C(O)CO)cc1. The topological polar surface area (TPSA) is 143 Å². The molecule has 5 unspecified atom stereocenters. The van der Waals surface area contributed by atoms with E-state index in [-0.39, 0.29) is 0 Å². The highest BCUT2D eigenvalue weighted by Gasteiger charge is 2.29. The summed E-state index contributed by atoms with van der Waals surface area (Å²) in [6.45, 7) is 1.12. The molecule has 0 spiro atoms. The van der Waals surface area contributed by atoms with Gasteiger partial charge in [-0.25, -0.2) is 9.04 Å². The molecular weight excluding hydrogens is 312 g/mol. The molecule has 0 radical (unpaired) electrons. The number of hydrogen-bond donors (Lipinski definition) is 6. The molecule has 0 aliphatic carbocycles. The Labute approximate surface area is 130 Å². The Bertz CT molecular complexity index is 510. The van der Waals surface area contributed by atoms with Gasteiger partial charge in [0.1, 0.15) is 24.4 Å². The number of hydrazone groups is 1. The first-order valence-corrected chi connectivity index (χ1v) is 7.62. The molecule has 0 amide bonds. The van der Waals surface area contributed by atoms with Crippen LogP contribution in [0.3, 0.4) is 0 Å². The highest BCUT2D eigenvalue weighted by molar-refractivity contribution is 7.83. The highest BCUT2D eigenvalue weighted by Crippen LogP contribution is 2.07. The molecule has 0 heterocycles. The fourth-order valence-electron chi connectivity index (χ4n) is 1.50. The van der Waals surface area contributed by atoms with Crippen LogP contribution in [0.25, 0.3) is 0 Å². The highest BCUT2D eigenvalue weighted by atomic mass is 32.2. The molecule has 22 heavy (non-hydrogen) atoms. The average molecular weight is 332 g/mol. The van der Waals surface area contributed by atoms with Crippen molar-refractivity contribution in [2.24, 2.45) is 5.10 Å². The minimum atomic E-state index is -1.75. The van der Waals surface area contributed by atoms with Crippen molar-refractivity contribution >= 4 is 17.2 Å². The third-order valence-electron chi connectivity index (χ3n) is 2.88. The van der Waals surface area contributed by atoms with Gasteiger partial charge < -0.3 is 25.5 Å². The average Bonchev–Trinajstić information content (AvgIpc) is 2.52. The van der Waals surface area contributed by atoms with Crippen LogP contribution in [-0.4, -0.2) is 67.0 Å². The lowest BCUT2D eigenvalue weighted by atomic mass is 10.0. The van der Waals surface area contributed by atoms with E-state index in [9.17, 15) is 19.5 Å². The van der Waals surface area contributed by atoms with E-state index in [1.807, 2.05) is 6.92 Å².